The first-order valence-electron chi connectivity index (χ1n) is 5.71. The second-order valence-electron chi connectivity index (χ2n) is 3.70. The SMILES string of the molecule is CCCCCCn1nncc(CC)c1=O. The molecule has 1 heterocycles. The van der Waals surface area contributed by atoms with Crippen LogP contribution in [0.4, 0.5) is 0 Å². The summed E-state index contributed by atoms with van der Waals surface area (Å²) in [4.78, 5) is 11.7. The maximum Gasteiger partial charge on any atom is 0.272 e. The van der Waals surface area contributed by atoms with Gasteiger partial charge in [-0.3, -0.25) is 4.79 Å². The molecule has 1 aromatic rings. The zero-order chi connectivity index (χ0) is 11.1. The minimum absolute atomic E-state index is 0.0176. The Morgan fingerprint density at radius 2 is 2.07 bits per heavy atom. The Hall–Kier alpha value is -1.19. The quantitative estimate of drug-likeness (QED) is 0.671. The lowest BCUT2D eigenvalue weighted by atomic mass is 10.2. The molecule has 0 saturated heterocycles. The van der Waals surface area contributed by atoms with E-state index in [2.05, 4.69) is 17.2 Å². The predicted octanol–water partition coefficient (Wildman–Crippen LogP) is 1.78. The van der Waals surface area contributed by atoms with E-state index in [-0.39, 0.29) is 5.56 Å². The van der Waals surface area contributed by atoms with Gasteiger partial charge in [0.1, 0.15) is 0 Å². The molecule has 0 atom stereocenters. The van der Waals surface area contributed by atoms with Crippen molar-refractivity contribution >= 4 is 0 Å². The van der Waals surface area contributed by atoms with Crippen LogP contribution in [0.3, 0.4) is 0 Å². The summed E-state index contributed by atoms with van der Waals surface area (Å²) in [6.07, 6.45) is 6.87. The largest absolute Gasteiger partial charge is 0.272 e. The Bertz CT molecular complexity index is 346. The van der Waals surface area contributed by atoms with E-state index in [0.29, 0.717) is 6.54 Å². The van der Waals surface area contributed by atoms with Gasteiger partial charge in [0.05, 0.1) is 6.20 Å². The average molecular weight is 209 g/mol. The van der Waals surface area contributed by atoms with Crippen molar-refractivity contribution in [3.05, 3.63) is 22.1 Å². The Kier molecular flexibility index (Phi) is 5.01. The third-order valence-corrected chi connectivity index (χ3v) is 2.49. The molecular formula is C11H19N3O. The van der Waals surface area contributed by atoms with Gasteiger partial charge in [0.2, 0.25) is 0 Å². The van der Waals surface area contributed by atoms with E-state index < -0.39 is 0 Å². The lowest BCUT2D eigenvalue weighted by Crippen LogP contribution is -2.26. The highest BCUT2D eigenvalue weighted by Crippen LogP contribution is 1.99. The van der Waals surface area contributed by atoms with Gasteiger partial charge in [-0.1, -0.05) is 38.3 Å². The highest BCUT2D eigenvalue weighted by molar-refractivity contribution is 5.01. The molecule has 0 amide bonds. The average Bonchev–Trinajstić information content (AvgIpc) is 2.26. The van der Waals surface area contributed by atoms with Gasteiger partial charge in [-0.2, -0.15) is 0 Å². The summed E-state index contributed by atoms with van der Waals surface area (Å²) >= 11 is 0. The molecule has 4 heteroatoms. The molecule has 0 unspecified atom stereocenters. The summed E-state index contributed by atoms with van der Waals surface area (Å²) in [6, 6.07) is 0. The van der Waals surface area contributed by atoms with Gasteiger partial charge in [-0.15, -0.1) is 5.10 Å². The van der Waals surface area contributed by atoms with Crippen molar-refractivity contribution in [2.75, 3.05) is 0 Å². The van der Waals surface area contributed by atoms with Crippen molar-refractivity contribution in [3.8, 4) is 0 Å². The van der Waals surface area contributed by atoms with Crippen molar-refractivity contribution in [2.45, 2.75) is 52.5 Å². The summed E-state index contributed by atoms with van der Waals surface area (Å²) < 4.78 is 1.48. The monoisotopic (exact) mass is 209 g/mol. The van der Waals surface area contributed by atoms with Crippen molar-refractivity contribution in [3.63, 3.8) is 0 Å². The predicted molar refractivity (Wildman–Crippen MR) is 59.8 cm³/mol. The maximum atomic E-state index is 11.7. The second-order valence-corrected chi connectivity index (χ2v) is 3.70. The van der Waals surface area contributed by atoms with E-state index in [1.54, 1.807) is 6.20 Å². The molecule has 0 bridgehead atoms. The number of aryl methyl sites for hydroxylation is 2. The van der Waals surface area contributed by atoms with E-state index in [1.165, 1.54) is 17.5 Å². The minimum atomic E-state index is 0.0176. The maximum absolute atomic E-state index is 11.7. The number of aromatic nitrogens is 3. The summed E-state index contributed by atoms with van der Waals surface area (Å²) in [5.74, 6) is 0. The molecule has 0 aromatic carbocycles. The van der Waals surface area contributed by atoms with Crippen LogP contribution in [0.15, 0.2) is 11.0 Å². The van der Waals surface area contributed by atoms with Crippen molar-refractivity contribution < 1.29 is 0 Å². The van der Waals surface area contributed by atoms with Gasteiger partial charge < -0.3 is 0 Å². The van der Waals surface area contributed by atoms with Gasteiger partial charge >= 0.3 is 0 Å². The van der Waals surface area contributed by atoms with Crippen molar-refractivity contribution in [1.29, 1.82) is 0 Å². The van der Waals surface area contributed by atoms with Crippen LogP contribution in [0.25, 0.3) is 0 Å². The lowest BCUT2D eigenvalue weighted by molar-refractivity contribution is 0.490. The minimum Gasteiger partial charge on any atom is -0.267 e. The highest BCUT2D eigenvalue weighted by Gasteiger charge is 2.02. The smallest absolute Gasteiger partial charge is 0.267 e. The summed E-state index contributed by atoms with van der Waals surface area (Å²) in [5, 5.41) is 7.67. The number of rotatable bonds is 6. The molecule has 0 aliphatic carbocycles. The normalized spacial score (nSPS) is 10.5. The van der Waals surface area contributed by atoms with Gasteiger partial charge in [-0.05, 0) is 12.8 Å². The van der Waals surface area contributed by atoms with Gasteiger partial charge in [0.25, 0.3) is 5.56 Å². The van der Waals surface area contributed by atoms with E-state index >= 15 is 0 Å². The molecule has 0 fully saturated rings. The number of hydrogen-bond donors (Lipinski definition) is 0. The molecule has 1 rings (SSSR count). The molecule has 0 saturated carbocycles. The van der Waals surface area contributed by atoms with Gasteiger partial charge in [0.15, 0.2) is 0 Å². The fraction of sp³-hybridized carbons (Fsp3) is 0.727. The van der Waals surface area contributed by atoms with E-state index in [0.717, 1.165) is 24.8 Å². The fourth-order valence-corrected chi connectivity index (χ4v) is 1.50. The van der Waals surface area contributed by atoms with Crippen LogP contribution < -0.4 is 5.56 Å². The molecule has 4 nitrogen and oxygen atoms in total. The molecule has 0 aliphatic rings. The van der Waals surface area contributed by atoms with Crippen LogP contribution in [-0.2, 0) is 13.0 Å². The van der Waals surface area contributed by atoms with Gasteiger partial charge in [-0.25, -0.2) is 4.68 Å². The molecule has 0 aliphatic heterocycles. The molecular weight excluding hydrogens is 190 g/mol. The number of nitrogens with zero attached hydrogens (tertiary/aromatic N) is 3. The summed E-state index contributed by atoms with van der Waals surface area (Å²) in [6.45, 7) is 4.82. The Morgan fingerprint density at radius 3 is 2.73 bits per heavy atom. The van der Waals surface area contributed by atoms with Crippen LogP contribution in [0.5, 0.6) is 0 Å². The first kappa shape index (κ1) is 11.9. The van der Waals surface area contributed by atoms with E-state index in [9.17, 15) is 4.79 Å². The molecule has 84 valence electrons. The Morgan fingerprint density at radius 1 is 1.27 bits per heavy atom. The van der Waals surface area contributed by atoms with Crippen LogP contribution in [0.1, 0.15) is 45.1 Å². The molecule has 0 spiro atoms. The third-order valence-electron chi connectivity index (χ3n) is 2.49. The van der Waals surface area contributed by atoms with Crippen LogP contribution in [-0.4, -0.2) is 15.0 Å². The Balaban J connectivity index is 2.57. The summed E-state index contributed by atoms with van der Waals surface area (Å²) in [7, 11) is 0. The van der Waals surface area contributed by atoms with Gasteiger partial charge in [0, 0.05) is 12.1 Å². The van der Waals surface area contributed by atoms with E-state index in [1.807, 2.05) is 6.92 Å². The van der Waals surface area contributed by atoms with Crippen LogP contribution >= 0.6 is 0 Å². The number of hydrogen-bond acceptors (Lipinski definition) is 3. The highest BCUT2D eigenvalue weighted by atomic mass is 16.1. The third kappa shape index (κ3) is 3.46. The fourth-order valence-electron chi connectivity index (χ4n) is 1.50. The molecule has 0 N–H and O–H groups in total. The Labute approximate surface area is 90.3 Å². The van der Waals surface area contributed by atoms with Crippen molar-refractivity contribution in [1.82, 2.24) is 15.0 Å². The zero-order valence-electron chi connectivity index (χ0n) is 9.57. The first-order chi connectivity index (χ1) is 7.29. The summed E-state index contributed by atoms with van der Waals surface area (Å²) in [5.41, 5.74) is 0.768. The van der Waals surface area contributed by atoms with Crippen LogP contribution in [0.2, 0.25) is 0 Å². The van der Waals surface area contributed by atoms with Crippen molar-refractivity contribution in [2.24, 2.45) is 0 Å². The standard InChI is InChI=1S/C11H19N3O/c1-3-5-6-7-8-14-11(15)10(4-2)9-12-13-14/h9H,3-8H2,1-2H3. The van der Waals surface area contributed by atoms with Crippen LogP contribution in [0, 0.1) is 0 Å². The molecule has 1 aromatic heterocycles. The van der Waals surface area contributed by atoms with E-state index in [4.69, 9.17) is 0 Å². The molecule has 15 heavy (non-hydrogen) atoms. The topological polar surface area (TPSA) is 47.8 Å². The number of unbranched alkanes of at least 4 members (excludes halogenated alkanes) is 3. The lowest BCUT2D eigenvalue weighted by Gasteiger charge is -2.03. The zero-order valence-corrected chi connectivity index (χ0v) is 9.57. The molecule has 0 radical (unpaired) electrons. The second kappa shape index (κ2) is 6.32. The first-order valence-corrected chi connectivity index (χ1v) is 5.71.